The molecule has 1 nitrogen and oxygen atoms in total. The van der Waals surface area contributed by atoms with Gasteiger partial charge in [0.15, 0.2) is 0 Å². The van der Waals surface area contributed by atoms with E-state index in [0.717, 1.165) is 0 Å². The van der Waals surface area contributed by atoms with Gasteiger partial charge in [0.05, 0.1) is 5.88 Å². The fourth-order valence-corrected chi connectivity index (χ4v) is 1.19. The summed E-state index contributed by atoms with van der Waals surface area (Å²) in [6.07, 6.45) is 0. The Morgan fingerprint density at radius 3 is 2.60 bits per heavy atom. The summed E-state index contributed by atoms with van der Waals surface area (Å²) >= 11 is 1.68. The van der Waals surface area contributed by atoms with Crippen LogP contribution in [0.15, 0.2) is 35.2 Å². The minimum atomic E-state index is 1.26. The molecule has 0 bridgehead atoms. The predicted octanol–water partition coefficient (Wildman–Crippen LogP) is 2.12. The molecule has 1 rings (SSSR count). The molecule has 53 valence electrons. The monoisotopic (exact) mass is 152 g/mol. The van der Waals surface area contributed by atoms with E-state index in [4.69, 9.17) is 0 Å². The van der Waals surface area contributed by atoms with Gasteiger partial charge >= 0.3 is 0 Å². The third-order valence-corrected chi connectivity index (χ3v) is 1.95. The molecule has 0 fully saturated rings. The molecule has 0 unspecified atom stereocenters. The summed E-state index contributed by atoms with van der Waals surface area (Å²) in [5.74, 6) is 1.95. The second kappa shape index (κ2) is 4.36. The van der Waals surface area contributed by atoms with Crippen molar-refractivity contribution in [2.45, 2.75) is 4.90 Å². The van der Waals surface area contributed by atoms with Crippen LogP contribution in [0.4, 0.5) is 0 Å². The second-order valence-corrected chi connectivity index (χ2v) is 2.78. The number of benzene rings is 1. The van der Waals surface area contributed by atoms with E-state index in [1.165, 1.54) is 4.90 Å². The van der Waals surface area contributed by atoms with Gasteiger partial charge in [0.25, 0.3) is 0 Å². The molecule has 0 aliphatic carbocycles. The Morgan fingerprint density at radius 1 is 1.30 bits per heavy atom. The molecule has 1 radical (unpaired) electrons. The maximum atomic E-state index is 2.95. The Bertz CT molecular complexity index is 174. The summed E-state index contributed by atoms with van der Waals surface area (Å²) in [4.78, 5) is 1.26. The topological polar surface area (TPSA) is 12.0 Å². The molecule has 0 atom stereocenters. The van der Waals surface area contributed by atoms with Crippen LogP contribution in [0.2, 0.25) is 0 Å². The van der Waals surface area contributed by atoms with Gasteiger partial charge in [-0.25, -0.2) is 0 Å². The highest BCUT2D eigenvalue weighted by Crippen LogP contribution is 2.17. The number of nitrogens with one attached hydrogen (secondary N) is 1. The van der Waals surface area contributed by atoms with Crippen molar-refractivity contribution in [2.24, 2.45) is 0 Å². The molecule has 1 N–H and O–H groups in total. The molecule has 0 amide bonds. The summed E-state index contributed by atoms with van der Waals surface area (Å²) in [5, 5.41) is 2.95. The molecule has 0 heterocycles. The van der Waals surface area contributed by atoms with E-state index in [9.17, 15) is 0 Å². The van der Waals surface area contributed by atoms with E-state index in [0.29, 0.717) is 0 Å². The van der Waals surface area contributed by atoms with Crippen LogP contribution < -0.4 is 5.32 Å². The minimum absolute atomic E-state index is 1.26. The molecule has 0 aliphatic heterocycles. The third kappa shape index (κ3) is 2.42. The van der Waals surface area contributed by atoms with E-state index in [-0.39, 0.29) is 0 Å². The fourth-order valence-electron chi connectivity index (χ4n) is 0.626. The molecule has 0 saturated heterocycles. The molecule has 10 heavy (non-hydrogen) atoms. The zero-order valence-corrected chi connectivity index (χ0v) is 6.69. The summed E-state index contributed by atoms with van der Waals surface area (Å²) < 4.78 is 0. The van der Waals surface area contributed by atoms with E-state index in [1.54, 1.807) is 11.8 Å². The van der Waals surface area contributed by atoms with E-state index in [1.807, 2.05) is 31.1 Å². The van der Waals surface area contributed by atoms with Crippen molar-refractivity contribution in [3.05, 3.63) is 36.2 Å². The van der Waals surface area contributed by atoms with Gasteiger partial charge in [0.2, 0.25) is 0 Å². The van der Waals surface area contributed by atoms with Gasteiger partial charge in [0, 0.05) is 4.90 Å². The van der Waals surface area contributed by atoms with Gasteiger partial charge in [0.1, 0.15) is 0 Å². The average Bonchev–Trinajstić information content (AvgIpc) is 2.03. The Labute approximate surface area is 65.8 Å². The van der Waals surface area contributed by atoms with Gasteiger partial charge in [-0.05, 0) is 19.2 Å². The Morgan fingerprint density at radius 2 is 2.00 bits per heavy atom. The maximum absolute atomic E-state index is 2.95. The Hall–Kier alpha value is -0.470. The molecule has 0 spiro atoms. The van der Waals surface area contributed by atoms with Crippen LogP contribution >= 0.6 is 11.8 Å². The predicted molar refractivity (Wildman–Crippen MR) is 45.7 cm³/mol. The first-order valence-electron chi connectivity index (χ1n) is 3.14. The molecular weight excluding hydrogens is 142 g/mol. The number of hydrogen-bond donors (Lipinski definition) is 1. The Kier molecular flexibility index (Phi) is 3.33. The van der Waals surface area contributed by atoms with Crippen molar-refractivity contribution in [3.63, 3.8) is 0 Å². The highest BCUT2D eigenvalue weighted by Gasteiger charge is 1.87. The second-order valence-electron chi connectivity index (χ2n) is 1.84. The van der Waals surface area contributed by atoms with Gasteiger partial charge in [-0.15, -0.1) is 11.8 Å². The minimum Gasteiger partial charge on any atom is -0.306 e. The molecule has 0 aromatic heterocycles. The van der Waals surface area contributed by atoms with Gasteiger partial charge in [-0.3, -0.25) is 0 Å². The smallest absolute Gasteiger partial charge is 0.0831 e. The fraction of sp³-hybridized carbons (Fsp3) is 0.125. The van der Waals surface area contributed by atoms with Crippen molar-refractivity contribution in [1.29, 1.82) is 0 Å². The highest BCUT2D eigenvalue weighted by atomic mass is 32.2. The van der Waals surface area contributed by atoms with Crippen molar-refractivity contribution in [3.8, 4) is 0 Å². The van der Waals surface area contributed by atoms with Crippen molar-refractivity contribution in [2.75, 3.05) is 7.05 Å². The maximum Gasteiger partial charge on any atom is 0.0831 e. The summed E-state index contributed by atoms with van der Waals surface area (Å²) in [7, 11) is 1.90. The lowest BCUT2D eigenvalue weighted by molar-refractivity contribution is 1.07. The zero-order valence-electron chi connectivity index (χ0n) is 5.87. The molecule has 0 aliphatic rings. The Balaban J connectivity index is 2.43. The van der Waals surface area contributed by atoms with Crippen LogP contribution in [0.3, 0.4) is 0 Å². The van der Waals surface area contributed by atoms with Crippen LogP contribution in [0.1, 0.15) is 0 Å². The van der Waals surface area contributed by atoms with E-state index >= 15 is 0 Å². The first-order chi connectivity index (χ1) is 4.93. The van der Waals surface area contributed by atoms with Gasteiger partial charge < -0.3 is 5.32 Å². The average molecular weight is 152 g/mol. The molecule has 1 aromatic carbocycles. The quantitative estimate of drug-likeness (QED) is 0.666. The number of thioether (sulfide) groups is 1. The summed E-state index contributed by atoms with van der Waals surface area (Å²) in [6, 6.07) is 10.2. The van der Waals surface area contributed by atoms with Crippen LogP contribution in [0, 0.1) is 5.88 Å². The van der Waals surface area contributed by atoms with Crippen LogP contribution in [0.25, 0.3) is 0 Å². The largest absolute Gasteiger partial charge is 0.306 e. The first-order valence-corrected chi connectivity index (χ1v) is 4.02. The summed E-state index contributed by atoms with van der Waals surface area (Å²) in [5.41, 5.74) is 0. The van der Waals surface area contributed by atoms with Gasteiger partial charge in [-0.1, -0.05) is 18.2 Å². The van der Waals surface area contributed by atoms with Crippen LogP contribution in [-0.4, -0.2) is 7.05 Å². The number of rotatable bonds is 3. The van der Waals surface area contributed by atoms with Crippen molar-refractivity contribution < 1.29 is 0 Å². The van der Waals surface area contributed by atoms with Crippen LogP contribution in [-0.2, 0) is 0 Å². The number of hydrogen-bond acceptors (Lipinski definition) is 2. The van der Waals surface area contributed by atoms with E-state index < -0.39 is 0 Å². The van der Waals surface area contributed by atoms with Crippen molar-refractivity contribution >= 4 is 11.8 Å². The lowest BCUT2D eigenvalue weighted by Crippen LogP contribution is -1.95. The standard InChI is InChI=1S/C8H10NS/c1-9-7-10-8-5-3-2-4-6-8/h2-7,9H,1H3. The first kappa shape index (κ1) is 7.63. The van der Waals surface area contributed by atoms with E-state index in [2.05, 4.69) is 17.4 Å². The summed E-state index contributed by atoms with van der Waals surface area (Å²) in [6.45, 7) is 0. The highest BCUT2D eigenvalue weighted by molar-refractivity contribution is 8.01. The molecule has 2 heteroatoms. The normalized spacial score (nSPS) is 9.70. The molecular formula is C8H10NS. The lowest BCUT2D eigenvalue weighted by Gasteiger charge is -1.96. The van der Waals surface area contributed by atoms with Gasteiger partial charge in [-0.2, -0.15) is 0 Å². The zero-order chi connectivity index (χ0) is 7.23. The van der Waals surface area contributed by atoms with Crippen LogP contribution in [0.5, 0.6) is 0 Å². The third-order valence-electron chi connectivity index (χ3n) is 1.06. The molecule has 1 aromatic rings. The lowest BCUT2D eigenvalue weighted by atomic mass is 10.4. The van der Waals surface area contributed by atoms with Crippen molar-refractivity contribution in [1.82, 2.24) is 5.32 Å². The molecule has 0 saturated carbocycles. The SMILES string of the molecule is CN[CH]Sc1ccccc1.